The molecule has 2 aromatic carbocycles. The van der Waals surface area contributed by atoms with Crippen molar-refractivity contribution in [1.29, 1.82) is 0 Å². The summed E-state index contributed by atoms with van der Waals surface area (Å²) < 4.78 is 35.3. The lowest BCUT2D eigenvalue weighted by Gasteiger charge is -2.31. The maximum atomic E-state index is 13.0. The van der Waals surface area contributed by atoms with Crippen LogP contribution in [0.1, 0.15) is 35.6 Å². The van der Waals surface area contributed by atoms with E-state index in [0.717, 1.165) is 25.1 Å². The molecule has 0 aliphatic carbocycles. The van der Waals surface area contributed by atoms with Crippen LogP contribution < -0.4 is 10.5 Å². The van der Waals surface area contributed by atoms with Crippen LogP contribution in [-0.4, -0.2) is 64.1 Å². The van der Waals surface area contributed by atoms with Crippen LogP contribution in [0.2, 0.25) is 0 Å². The van der Waals surface area contributed by atoms with Gasteiger partial charge in [-0.05, 0) is 74.2 Å². The van der Waals surface area contributed by atoms with Crippen LogP contribution in [0.15, 0.2) is 66.0 Å². The van der Waals surface area contributed by atoms with Crippen molar-refractivity contribution < 1.29 is 13.2 Å². The molecule has 2 aliphatic rings. The lowest BCUT2D eigenvalue weighted by Crippen LogP contribution is -2.39. The van der Waals surface area contributed by atoms with Crippen molar-refractivity contribution in [1.82, 2.24) is 29.0 Å². The predicted octanol–water partition coefficient (Wildman–Crippen LogP) is 4.04. The van der Waals surface area contributed by atoms with E-state index in [9.17, 15) is 8.42 Å². The minimum absolute atomic E-state index is 0.0611. The Morgan fingerprint density at radius 1 is 1.05 bits per heavy atom. The number of rotatable bonds is 6. The highest BCUT2D eigenvalue weighted by Gasteiger charge is 2.30. The SMILES string of the molecule is Cc1cc(-c2cnc(N)c(Oc3cnn(C4CCN(S(=O)(=O)c5ccccc5)CC4)c3)n2)cc2c1CCN(C)C2. The fourth-order valence-electron chi connectivity index (χ4n) is 5.58. The smallest absolute Gasteiger partial charge is 0.263 e. The van der Waals surface area contributed by atoms with Crippen molar-refractivity contribution in [3.63, 3.8) is 0 Å². The summed E-state index contributed by atoms with van der Waals surface area (Å²) in [6, 6.07) is 13.0. The van der Waals surface area contributed by atoms with Crippen LogP contribution in [0.4, 0.5) is 5.82 Å². The number of likely N-dealkylation sites (N-methyl/N-ethyl adjacent to an activating group) is 1. The maximum absolute atomic E-state index is 13.0. The zero-order chi connectivity index (χ0) is 27.9. The van der Waals surface area contributed by atoms with E-state index in [-0.39, 0.29) is 17.7 Å². The van der Waals surface area contributed by atoms with Crippen molar-refractivity contribution in [3.8, 4) is 22.9 Å². The minimum Gasteiger partial charge on any atom is -0.433 e. The summed E-state index contributed by atoms with van der Waals surface area (Å²) in [5, 5.41) is 4.49. The maximum Gasteiger partial charge on any atom is 0.263 e. The number of nitrogen functional groups attached to an aromatic ring is 1. The second-order valence-electron chi connectivity index (χ2n) is 10.6. The van der Waals surface area contributed by atoms with Crippen LogP contribution in [0.25, 0.3) is 11.3 Å². The summed E-state index contributed by atoms with van der Waals surface area (Å²) in [5.74, 6) is 0.930. The van der Waals surface area contributed by atoms with Gasteiger partial charge in [-0.1, -0.05) is 18.2 Å². The fourth-order valence-corrected chi connectivity index (χ4v) is 7.07. The molecular weight excluding hydrogens is 526 g/mol. The van der Waals surface area contributed by atoms with Gasteiger partial charge >= 0.3 is 0 Å². The van der Waals surface area contributed by atoms with Crippen molar-refractivity contribution >= 4 is 15.8 Å². The third kappa shape index (κ3) is 5.19. The summed E-state index contributed by atoms with van der Waals surface area (Å²) in [6.45, 7) is 4.97. The van der Waals surface area contributed by atoms with Gasteiger partial charge in [0.15, 0.2) is 11.6 Å². The number of piperidine rings is 1. The highest BCUT2D eigenvalue weighted by Crippen LogP contribution is 2.32. The van der Waals surface area contributed by atoms with Crippen molar-refractivity contribution in [2.24, 2.45) is 0 Å². The third-order valence-corrected chi connectivity index (χ3v) is 9.70. The molecular formula is C29H33N7O3S. The molecule has 1 fully saturated rings. The minimum atomic E-state index is -3.50. The van der Waals surface area contributed by atoms with Crippen LogP contribution >= 0.6 is 0 Å². The summed E-state index contributed by atoms with van der Waals surface area (Å²) in [4.78, 5) is 11.7. The molecule has 0 unspecified atom stereocenters. The van der Waals surface area contributed by atoms with Gasteiger partial charge in [0.25, 0.3) is 5.88 Å². The predicted molar refractivity (Wildman–Crippen MR) is 152 cm³/mol. The number of aromatic nitrogens is 4. The molecule has 4 heterocycles. The van der Waals surface area contributed by atoms with E-state index < -0.39 is 10.0 Å². The zero-order valence-electron chi connectivity index (χ0n) is 22.7. The fraction of sp³-hybridized carbons (Fsp3) is 0.345. The molecule has 208 valence electrons. The molecule has 0 radical (unpaired) electrons. The lowest BCUT2D eigenvalue weighted by molar-refractivity contribution is 0.260. The van der Waals surface area contributed by atoms with Gasteiger partial charge in [0.1, 0.15) is 0 Å². The number of nitrogens with two attached hydrogens (primary N) is 1. The van der Waals surface area contributed by atoms with Crippen molar-refractivity contribution in [2.75, 3.05) is 32.4 Å². The molecule has 2 N–H and O–H groups in total. The Hall–Kier alpha value is -3.80. The highest BCUT2D eigenvalue weighted by molar-refractivity contribution is 7.89. The molecule has 0 atom stereocenters. The average molecular weight is 560 g/mol. The van der Waals surface area contributed by atoms with E-state index in [4.69, 9.17) is 15.5 Å². The van der Waals surface area contributed by atoms with Crippen LogP contribution in [-0.2, 0) is 23.0 Å². The highest BCUT2D eigenvalue weighted by atomic mass is 32.2. The van der Waals surface area contributed by atoms with Crippen LogP contribution in [0.3, 0.4) is 0 Å². The molecule has 0 bridgehead atoms. The number of hydrogen-bond donors (Lipinski definition) is 1. The standard InChI is InChI=1S/C29H33N7O3S/c1-20-14-21(15-22-18-34(2)11-10-26(20)22)27-17-31-28(30)29(33-27)39-24-16-32-36(19-24)23-8-12-35(13-9-23)40(37,38)25-6-4-3-5-7-25/h3-7,14-17,19,23H,8-13,18H2,1-2H3,(H2,30,31). The Morgan fingerprint density at radius 2 is 1.82 bits per heavy atom. The van der Waals surface area contributed by atoms with Crippen LogP contribution in [0.5, 0.6) is 11.6 Å². The van der Waals surface area contributed by atoms with E-state index in [1.165, 1.54) is 16.7 Å². The van der Waals surface area contributed by atoms with Gasteiger partial charge in [0, 0.05) is 31.7 Å². The molecule has 0 spiro atoms. The van der Waals surface area contributed by atoms with Crippen LogP contribution in [0, 0.1) is 6.92 Å². The second kappa shape index (κ2) is 10.6. The topological polar surface area (TPSA) is 119 Å². The van der Waals surface area contributed by atoms with Crippen molar-refractivity contribution in [3.05, 3.63) is 77.7 Å². The molecule has 10 nitrogen and oxygen atoms in total. The van der Waals surface area contributed by atoms with E-state index in [1.54, 1.807) is 47.2 Å². The number of hydrogen-bond acceptors (Lipinski definition) is 8. The van der Waals surface area contributed by atoms with E-state index in [0.29, 0.717) is 42.3 Å². The first kappa shape index (κ1) is 26.4. The number of benzene rings is 2. The first-order chi connectivity index (χ1) is 19.3. The average Bonchev–Trinajstić information content (AvgIpc) is 3.43. The number of nitrogens with zero attached hydrogens (tertiary/aromatic N) is 6. The monoisotopic (exact) mass is 559 g/mol. The van der Waals surface area contributed by atoms with E-state index in [1.807, 2.05) is 10.7 Å². The molecule has 6 rings (SSSR count). The number of ether oxygens (including phenoxy) is 1. The van der Waals surface area contributed by atoms with Crippen molar-refractivity contribution in [2.45, 2.75) is 43.7 Å². The molecule has 40 heavy (non-hydrogen) atoms. The Labute approximate surface area is 234 Å². The summed E-state index contributed by atoms with van der Waals surface area (Å²) in [5.41, 5.74) is 11.8. The summed E-state index contributed by atoms with van der Waals surface area (Å²) in [7, 11) is -1.36. The Morgan fingerprint density at radius 3 is 2.60 bits per heavy atom. The number of anilines is 1. The molecule has 4 aromatic rings. The largest absolute Gasteiger partial charge is 0.433 e. The number of sulfonamides is 1. The summed E-state index contributed by atoms with van der Waals surface area (Å²) in [6.07, 6.45) is 7.45. The Kier molecular flexibility index (Phi) is 7.03. The quantitative estimate of drug-likeness (QED) is 0.376. The molecule has 0 amide bonds. The zero-order valence-corrected chi connectivity index (χ0v) is 23.5. The molecule has 11 heteroatoms. The normalized spacial score (nSPS) is 17.1. The Balaban J connectivity index is 1.15. The van der Waals surface area contributed by atoms with E-state index in [2.05, 4.69) is 41.1 Å². The van der Waals surface area contributed by atoms with Gasteiger partial charge in [-0.2, -0.15) is 9.40 Å². The Bertz CT molecular complexity index is 1630. The van der Waals surface area contributed by atoms with Gasteiger partial charge in [0.2, 0.25) is 10.0 Å². The molecule has 0 saturated carbocycles. The lowest BCUT2D eigenvalue weighted by atomic mass is 9.92. The third-order valence-electron chi connectivity index (χ3n) is 7.78. The van der Waals surface area contributed by atoms with E-state index >= 15 is 0 Å². The summed E-state index contributed by atoms with van der Waals surface area (Å²) >= 11 is 0. The number of fused-ring (bicyclic) bond motifs is 1. The van der Waals surface area contributed by atoms with Gasteiger partial charge in [-0.3, -0.25) is 4.68 Å². The molecule has 2 aliphatic heterocycles. The molecule has 2 aromatic heterocycles. The van der Waals surface area contributed by atoms with Gasteiger partial charge in [-0.15, -0.1) is 0 Å². The first-order valence-corrected chi connectivity index (χ1v) is 14.9. The van der Waals surface area contributed by atoms with Gasteiger partial charge in [0.05, 0.1) is 35.2 Å². The first-order valence-electron chi connectivity index (χ1n) is 13.5. The number of aryl methyl sites for hydroxylation is 1. The van der Waals surface area contributed by atoms with Gasteiger partial charge in [-0.25, -0.2) is 18.4 Å². The van der Waals surface area contributed by atoms with Gasteiger partial charge < -0.3 is 15.4 Å². The second-order valence-corrected chi connectivity index (χ2v) is 12.5. The molecule has 1 saturated heterocycles.